The van der Waals surface area contributed by atoms with Crippen molar-refractivity contribution in [2.75, 3.05) is 0 Å². The summed E-state index contributed by atoms with van der Waals surface area (Å²) in [7, 11) is 3.08. The van der Waals surface area contributed by atoms with Gasteiger partial charge in [-0.25, -0.2) is 4.79 Å². The Hall–Kier alpha value is -1.84. The molecule has 1 aromatic rings. The maximum absolute atomic E-state index is 11.7. The van der Waals surface area contributed by atoms with Gasteiger partial charge in [0.25, 0.3) is 5.56 Å². The first-order valence-electron chi connectivity index (χ1n) is 5.59. The third-order valence-corrected chi connectivity index (χ3v) is 2.27. The molecule has 94 valence electrons. The number of rotatable bonds is 2. The van der Waals surface area contributed by atoms with Crippen LogP contribution in [-0.2, 0) is 14.1 Å². The van der Waals surface area contributed by atoms with Crippen LogP contribution in [0, 0.1) is 0 Å². The molecular formula is C13H20N2O2. The zero-order chi connectivity index (χ0) is 13.6. The van der Waals surface area contributed by atoms with E-state index in [1.807, 2.05) is 20.8 Å². The van der Waals surface area contributed by atoms with Crippen LogP contribution in [0.2, 0.25) is 0 Å². The van der Waals surface area contributed by atoms with Crippen molar-refractivity contribution < 1.29 is 0 Å². The van der Waals surface area contributed by atoms with Gasteiger partial charge in [0.1, 0.15) is 0 Å². The Morgan fingerprint density at radius 3 is 2.06 bits per heavy atom. The van der Waals surface area contributed by atoms with Crippen LogP contribution in [0.5, 0.6) is 0 Å². The molecule has 0 radical (unpaired) electrons. The molecule has 0 aliphatic carbocycles. The monoisotopic (exact) mass is 236 g/mol. The minimum absolute atomic E-state index is 0.318. The highest BCUT2D eigenvalue weighted by Crippen LogP contribution is 2.04. The molecular weight excluding hydrogens is 216 g/mol. The highest BCUT2D eigenvalue weighted by molar-refractivity contribution is 5.60. The number of aromatic nitrogens is 2. The van der Waals surface area contributed by atoms with Gasteiger partial charge in [-0.05, 0) is 13.0 Å². The fourth-order valence-electron chi connectivity index (χ4n) is 1.44. The summed E-state index contributed by atoms with van der Waals surface area (Å²) in [4.78, 5) is 23.3. The highest BCUT2D eigenvalue weighted by atomic mass is 16.2. The summed E-state index contributed by atoms with van der Waals surface area (Å²) in [6.07, 6.45) is 4.97. The van der Waals surface area contributed by atoms with Gasteiger partial charge in [0.2, 0.25) is 0 Å². The molecule has 0 unspecified atom stereocenters. The Morgan fingerprint density at radius 2 is 1.65 bits per heavy atom. The third kappa shape index (κ3) is 2.84. The summed E-state index contributed by atoms with van der Waals surface area (Å²) in [5.74, 6) is 0. The molecule has 0 aliphatic heterocycles. The van der Waals surface area contributed by atoms with Gasteiger partial charge in [-0.1, -0.05) is 32.6 Å². The van der Waals surface area contributed by atoms with E-state index < -0.39 is 0 Å². The van der Waals surface area contributed by atoms with Gasteiger partial charge in [-0.3, -0.25) is 13.9 Å². The van der Waals surface area contributed by atoms with Crippen LogP contribution in [0.3, 0.4) is 0 Å². The van der Waals surface area contributed by atoms with Crippen LogP contribution < -0.4 is 11.2 Å². The van der Waals surface area contributed by atoms with Crippen LogP contribution >= 0.6 is 0 Å². The molecule has 0 atom stereocenters. The standard InChI is InChI=1S/C11H14N2O2.C2H6/c1-5-7-9-8(6-2)10(14)13(4)11(15)12(9)3;1-2/h5-7H,2H2,1,3-4H3;1-2H3/b7-5-;. The Labute approximate surface area is 102 Å². The lowest BCUT2D eigenvalue weighted by atomic mass is 10.2. The molecule has 0 bridgehead atoms. The zero-order valence-electron chi connectivity index (χ0n) is 11.2. The molecule has 17 heavy (non-hydrogen) atoms. The van der Waals surface area contributed by atoms with E-state index in [0.717, 1.165) is 4.57 Å². The van der Waals surface area contributed by atoms with Crippen molar-refractivity contribution in [3.05, 3.63) is 44.8 Å². The largest absolute Gasteiger partial charge is 0.330 e. The molecule has 1 rings (SSSR count). The van der Waals surface area contributed by atoms with Gasteiger partial charge in [-0.15, -0.1) is 0 Å². The van der Waals surface area contributed by atoms with Crippen molar-refractivity contribution >= 4 is 12.2 Å². The van der Waals surface area contributed by atoms with E-state index in [2.05, 4.69) is 6.58 Å². The summed E-state index contributed by atoms with van der Waals surface area (Å²) in [5, 5.41) is 0. The number of nitrogens with zero attached hydrogens (tertiary/aromatic N) is 2. The minimum Gasteiger partial charge on any atom is -0.296 e. The minimum atomic E-state index is -0.335. The van der Waals surface area contributed by atoms with Crippen molar-refractivity contribution in [1.29, 1.82) is 0 Å². The molecule has 4 nitrogen and oxygen atoms in total. The third-order valence-electron chi connectivity index (χ3n) is 2.27. The Kier molecular flexibility index (Phi) is 5.96. The van der Waals surface area contributed by atoms with E-state index in [-0.39, 0.29) is 11.2 Å². The number of hydrogen-bond donors (Lipinski definition) is 0. The molecule has 0 spiro atoms. The second-order valence-corrected chi connectivity index (χ2v) is 3.21. The second-order valence-electron chi connectivity index (χ2n) is 3.21. The first-order chi connectivity index (χ1) is 8.04. The lowest BCUT2D eigenvalue weighted by Gasteiger charge is -2.09. The molecule has 4 heteroatoms. The first-order valence-corrected chi connectivity index (χ1v) is 5.59. The van der Waals surface area contributed by atoms with E-state index in [4.69, 9.17) is 0 Å². The topological polar surface area (TPSA) is 44.0 Å². The summed E-state index contributed by atoms with van der Waals surface area (Å²) in [5.41, 5.74) is 0.373. The highest BCUT2D eigenvalue weighted by Gasteiger charge is 2.09. The van der Waals surface area contributed by atoms with Crippen LogP contribution in [0.1, 0.15) is 32.0 Å². The number of hydrogen-bond acceptors (Lipinski definition) is 2. The van der Waals surface area contributed by atoms with E-state index in [1.54, 1.807) is 19.2 Å². The summed E-state index contributed by atoms with van der Waals surface area (Å²) < 4.78 is 2.50. The van der Waals surface area contributed by atoms with E-state index in [9.17, 15) is 9.59 Å². The first kappa shape index (κ1) is 15.2. The molecule has 0 aromatic carbocycles. The molecule has 0 N–H and O–H groups in total. The number of allylic oxidation sites excluding steroid dienone is 1. The summed E-state index contributed by atoms with van der Waals surface area (Å²) in [6.45, 7) is 9.41. The summed E-state index contributed by atoms with van der Waals surface area (Å²) in [6, 6.07) is 0. The molecule has 0 fully saturated rings. The van der Waals surface area contributed by atoms with Crippen molar-refractivity contribution in [1.82, 2.24) is 9.13 Å². The van der Waals surface area contributed by atoms with E-state index in [0.29, 0.717) is 11.3 Å². The van der Waals surface area contributed by atoms with Gasteiger partial charge in [0.15, 0.2) is 0 Å². The van der Waals surface area contributed by atoms with Crippen LogP contribution in [-0.4, -0.2) is 9.13 Å². The quantitative estimate of drug-likeness (QED) is 0.785. The van der Waals surface area contributed by atoms with Gasteiger partial charge in [-0.2, -0.15) is 0 Å². The van der Waals surface area contributed by atoms with Gasteiger partial charge >= 0.3 is 5.69 Å². The van der Waals surface area contributed by atoms with Crippen molar-refractivity contribution in [2.24, 2.45) is 14.1 Å². The Balaban J connectivity index is 0.00000121. The summed E-state index contributed by atoms with van der Waals surface area (Å²) >= 11 is 0. The van der Waals surface area contributed by atoms with Gasteiger partial charge < -0.3 is 0 Å². The average Bonchev–Trinajstić information content (AvgIpc) is 2.36. The molecule has 0 saturated heterocycles. The van der Waals surface area contributed by atoms with Crippen LogP contribution in [0.15, 0.2) is 22.2 Å². The average molecular weight is 236 g/mol. The van der Waals surface area contributed by atoms with Crippen molar-refractivity contribution in [3.8, 4) is 0 Å². The predicted octanol–water partition coefficient (Wildman–Crippen LogP) is 1.79. The maximum Gasteiger partial charge on any atom is 0.330 e. The van der Waals surface area contributed by atoms with E-state index in [1.165, 1.54) is 17.7 Å². The lowest BCUT2D eigenvalue weighted by Crippen LogP contribution is -2.39. The molecule has 0 saturated carbocycles. The van der Waals surface area contributed by atoms with Crippen LogP contribution in [0.25, 0.3) is 12.2 Å². The molecule has 1 aromatic heterocycles. The fourth-order valence-corrected chi connectivity index (χ4v) is 1.44. The maximum atomic E-state index is 11.7. The normalized spacial score (nSPS) is 9.94. The van der Waals surface area contributed by atoms with Crippen molar-refractivity contribution in [2.45, 2.75) is 20.8 Å². The predicted molar refractivity (Wildman–Crippen MR) is 73.1 cm³/mol. The van der Waals surface area contributed by atoms with Crippen molar-refractivity contribution in [3.63, 3.8) is 0 Å². The SMILES string of the molecule is C=Cc1c(/C=C\C)n(C)c(=O)n(C)c1=O.CC. The van der Waals surface area contributed by atoms with Gasteiger partial charge in [0, 0.05) is 14.1 Å². The molecule has 0 aliphatic rings. The lowest BCUT2D eigenvalue weighted by molar-refractivity contribution is 0.678. The molecule has 1 heterocycles. The van der Waals surface area contributed by atoms with Gasteiger partial charge in [0.05, 0.1) is 11.3 Å². The smallest absolute Gasteiger partial charge is 0.296 e. The van der Waals surface area contributed by atoms with E-state index >= 15 is 0 Å². The second kappa shape index (κ2) is 6.68. The Morgan fingerprint density at radius 1 is 1.12 bits per heavy atom. The molecule has 0 amide bonds. The Bertz CT molecular complexity index is 534. The zero-order valence-corrected chi connectivity index (χ0v) is 11.2. The fraction of sp³-hybridized carbons (Fsp3) is 0.385. The van der Waals surface area contributed by atoms with Crippen LogP contribution in [0.4, 0.5) is 0 Å².